The monoisotopic (exact) mass is 212 g/mol. The Hall–Kier alpha value is -0.900. The molecule has 0 aliphatic carbocycles. The van der Waals surface area contributed by atoms with Crippen molar-refractivity contribution in [3.63, 3.8) is 0 Å². The fraction of sp³-hybridized carbons (Fsp3) is 0.600. The molecule has 0 unspecified atom stereocenters. The van der Waals surface area contributed by atoms with Crippen molar-refractivity contribution in [2.24, 2.45) is 5.92 Å². The van der Waals surface area contributed by atoms with Crippen LogP contribution < -0.4 is 5.32 Å². The van der Waals surface area contributed by atoms with Crippen LogP contribution in [0.5, 0.6) is 0 Å². The van der Waals surface area contributed by atoms with Gasteiger partial charge in [-0.3, -0.25) is 4.79 Å². The number of nitrogens with one attached hydrogen (secondary N) is 1. The predicted molar refractivity (Wildman–Crippen MR) is 59.7 cm³/mol. The van der Waals surface area contributed by atoms with Crippen LogP contribution in [0.4, 0.5) is 5.13 Å². The lowest BCUT2D eigenvalue weighted by molar-refractivity contribution is -0.116. The van der Waals surface area contributed by atoms with Crippen LogP contribution in [0, 0.1) is 19.8 Å². The molecule has 1 N–H and O–H groups in total. The lowest BCUT2D eigenvalue weighted by Crippen LogP contribution is -2.13. The second kappa shape index (κ2) is 4.55. The molecule has 0 spiro atoms. The van der Waals surface area contributed by atoms with Gasteiger partial charge in [0, 0.05) is 11.3 Å². The first-order chi connectivity index (χ1) is 6.49. The van der Waals surface area contributed by atoms with Crippen molar-refractivity contribution >= 4 is 22.4 Å². The van der Waals surface area contributed by atoms with Crippen molar-refractivity contribution in [2.45, 2.75) is 34.1 Å². The van der Waals surface area contributed by atoms with Gasteiger partial charge in [-0.05, 0) is 19.8 Å². The third-order valence-corrected chi connectivity index (χ3v) is 2.86. The Bertz CT molecular complexity index is 311. The minimum absolute atomic E-state index is 0.0498. The van der Waals surface area contributed by atoms with Crippen LogP contribution in [0.2, 0.25) is 0 Å². The molecule has 3 nitrogen and oxygen atoms in total. The number of aromatic nitrogens is 1. The molecule has 0 saturated heterocycles. The summed E-state index contributed by atoms with van der Waals surface area (Å²) in [7, 11) is 0. The average molecular weight is 212 g/mol. The second-order valence-corrected chi connectivity index (χ2v) is 5.01. The highest BCUT2D eigenvalue weighted by molar-refractivity contribution is 7.15. The van der Waals surface area contributed by atoms with Gasteiger partial charge in [0.2, 0.25) is 5.91 Å². The zero-order valence-electron chi connectivity index (χ0n) is 9.05. The second-order valence-electron chi connectivity index (χ2n) is 3.81. The fourth-order valence-electron chi connectivity index (χ4n) is 1.07. The Morgan fingerprint density at radius 3 is 2.57 bits per heavy atom. The normalized spacial score (nSPS) is 10.6. The van der Waals surface area contributed by atoms with E-state index in [0.29, 0.717) is 17.5 Å². The van der Waals surface area contributed by atoms with E-state index in [1.807, 2.05) is 27.7 Å². The number of anilines is 1. The topological polar surface area (TPSA) is 42.0 Å². The number of carbonyl (C=O) groups is 1. The zero-order chi connectivity index (χ0) is 10.7. The van der Waals surface area contributed by atoms with E-state index in [2.05, 4.69) is 10.3 Å². The maximum atomic E-state index is 11.4. The zero-order valence-corrected chi connectivity index (χ0v) is 9.86. The number of hydrogen-bond donors (Lipinski definition) is 1. The Kier molecular flexibility index (Phi) is 3.63. The number of amides is 1. The predicted octanol–water partition coefficient (Wildman–Crippen LogP) is 2.74. The number of thiazole rings is 1. The largest absolute Gasteiger partial charge is 0.302 e. The van der Waals surface area contributed by atoms with Crippen LogP contribution in [0.25, 0.3) is 0 Å². The average Bonchev–Trinajstić information content (AvgIpc) is 2.28. The van der Waals surface area contributed by atoms with Gasteiger partial charge in [-0.15, -0.1) is 11.3 Å². The van der Waals surface area contributed by atoms with E-state index in [1.165, 1.54) is 11.3 Å². The third-order valence-electron chi connectivity index (χ3n) is 1.87. The van der Waals surface area contributed by atoms with Crippen LogP contribution >= 0.6 is 11.3 Å². The third kappa shape index (κ3) is 3.10. The summed E-state index contributed by atoms with van der Waals surface area (Å²) >= 11 is 1.53. The van der Waals surface area contributed by atoms with Gasteiger partial charge in [0.15, 0.2) is 5.13 Å². The quantitative estimate of drug-likeness (QED) is 0.837. The highest BCUT2D eigenvalue weighted by Crippen LogP contribution is 2.21. The van der Waals surface area contributed by atoms with E-state index >= 15 is 0 Å². The van der Waals surface area contributed by atoms with E-state index in [9.17, 15) is 4.79 Å². The van der Waals surface area contributed by atoms with Crippen LogP contribution in [0.15, 0.2) is 0 Å². The summed E-state index contributed by atoms with van der Waals surface area (Å²) in [6.07, 6.45) is 0.553. The number of aryl methyl sites for hydroxylation is 2. The molecule has 0 aromatic carbocycles. The van der Waals surface area contributed by atoms with Crippen molar-refractivity contribution in [1.29, 1.82) is 0 Å². The van der Waals surface area contributed by atoms with Crippen LogP contribution in [0.3, 0.4) is 0 Å². The molecule has 0 bridgehead atoms. The summed E-state index contributed by atoms with van der Waals surface area (Å²) < 4.78 is 0. The van der Waals surface area contributed by atoms with E-state index in [-0.39, 0.29) is 5.91 Å². The Labute approximate surface area is 88.6 Å². The van der Waals surface area contributed by atoms with Gasteiger partial charge in [-0.1, -0.05) is 13.8 Å². The molecule has 1 heterocycles. The minimum atomic E-state index is 0.0498. The number of nitrogens with zero attached hydrogens (tertiary/aromatic N) is 1. The molecule has 0 fully saturated rings. The highest BCUT2D eigenvalue weighted by Gasteiger charge is 2.08. The highest BCUT2D eigenvalue weighted by atomic mass is 32.1. The van der Waals surface area contributed by atoms with Crippen molar-refractivity contribution in [2.75, 3.05) is 5.32 Å². The molecule has 0 atom stereocenters. The molecule has 1 rings (SSSR count). The lowest BCUT2D eigenvalue weighted by atomic mass is 10.1. The minimum Gasteiger partial charge on any atom is -0.302 e. The first kappa shape index (κ1) is 11.2. The molecule has 0 saturated carbocycles. The summed E-state index contributed by atoms with van der Waals surface area (Å²) in [4.78, 5) is 16.8. The van der Waals surface area contributed by atoms with Gasteiger partial charge < -0.3 is 5.32 Å². The maximum Gasteiger partial charge on any atom is 0.226 e. The summed E-state index contributed by atoms with van der Waals surface area (Å²) in [6.45, 7) is 8.00. The van der Waals surface area contributed by atoms with Crippen LogP contribution in [0.1, 0.15) is 30.8 Å². The Morgan fingerprint density at radius 1 is 1.50 bits per heavy atom. The van der Waals surface area contributed by atoms with Gasteiger partial charge in [0.1, 0.15) is 0 Å². The molecule has 14 heavy (non-hydrogen) atoms. The van der Waals surface area contributed by atoms with Gasteiger partial charge in [-0.25, -0.2) is 4.98 Å². The molecule has 1 aromatic heterocycles. The van der Waals surface area contributed by atoms with Crippen LogP contribution in [-0.4, -0.2) is 10.9 Å². The molecule has 78 valence electrons. The molecule has 1 amide bonds. The fourth-order valence-corrected chi connectivity index (χ4v) is 1.90. The molecule has 1 aromatic rings. The molecule has 0 radical (unpaired) electrons. The van der Waals surface area contributed by atoms with E-state index < -0.39 is 0 Å². The Morgan fingerprint density at radius 2 is 2.14 bits per heavy atom. The summed E-state index contributed by atoms with van der Waals surface area (Å²) in [5, 5.41) is 3.52. The first-order valence-electron chi connectivity index (χ1n) is 4.73. The first-order valence-corrected chi connectivity index (χ1v) is 5.54. The van der Waals surface area contributed by atoms with Crippen LogP contribution in [-0.2, 0) is 4.79 Å². The molecule has 0 aliphatic rings. The van der Waals surface area contributed by atoms with E-state index in [1.54, 1.807) is 0 Å². The van der Waals surface area contributed by atoms with Crippen molar-refractivity contribution in [1.82, 2.24) is 4.98 Å². The Balaban J connectivity index is 2.56. The van der Waals surface area contributed by atoms with Gasteiger partial charge in [0.25, 0.3) is 0 Å². The lowest BCUT2D eigenvalue weighted by Gasteiger charge is -2.03. The van der Waals surface area contributed by atoms with Gasteiger partial charge in [-0.2, -0.15) is 0 Å². The maximum absolute atomic E-state index is 11.4. The van der Waals surface area contributed by atoms with E-state index in [4.69, 9.17) is 0 Å². The van der Waals surface area contributed by atoms with E-state index in [0.717, 1.165) is 10.6 Å². The van der Waals surface area contributed by atoms with Crippen molar-refractivity contribution < 1.29 is 4.79 Å². The molecular weight excluding hydrogens is 196 g/mol. The van der Waals surface area contributed by atoms with Gasteiger partial charge >= 0.3 is 0 Å². The summed E-state index contributed by atoms with van der Waals surface area (Å²) in [5.41, 5.74) is 0.995. The number of hydrogen-bond acceptors (Lipinski definition) is 3. The molecule has 4 heteroatoms. The summed E-state index contributed by atoms with van der Waals surface area (Å²) in [6, 6.07) is 0. The number of rotatable bonds is 3. The molecule has 0 aliphatic heterocycles. The standard InChI is InChI=1S/C10H16N2OS/c1-6(2)5-9(13)12-10-11-7(3)8(4)14-10/h6H,5H2,1-4H3,(H,11,12,13). The molecular formula is C10H16N2OS. The smallest absolute Gasteiger partial charge is 0.226 e. The summed E-state index contributed by atoms with van der Waals surface area (Å²) in [5.74, 6) is 0.436. The number of carbonyl (C=O) groups excluding carboxylic acids is 1. The van der Waals surface area contributed by atoms with Crippen molar-refractivity contribution in [3.8, 4) is 0 Å². The van der Waals surface area contributed by atoms with Gasteiger partial charge in [0.05, 0.1) is 5.69 Å². The SMILES string of the molecule is Cc1nc(NC(=O)CC(C)C)sc1C. The van der Waals surface area contributed by atoms with Crippen molar-refractivity contribution in [3.05, 3.63) is 10.6 Å².